The summed E-state index contributed by atoms with van der Waals surface area (Å²) in [6, 6.07) is 12.9. The van der Waals surface area contributed by atoms with Crippen molar-refractivity contribution >= 4 is 80.1 Å². The van der Waals surface area contributed by atoms with E-state index in [1.807, 2.05) is 0 Å². The van der Waals surface area contributed by atoms with Gasteiger partial charge in [0, 0.05) is 11.0 Å². The lowest BCUT2D eigenvalue weighted by Gasteiger charge is -2.59. The Morgan fingerprint density at radius 1 is 0.825 bits per heavy atom. The number of anilines is 2. The third-order valence-corrected chi connectivity index (χ3v) is 11.2. The molecule has 2 unspecified atom stereocenters. The Morgan fingerprint density at radius 3 is 1.62 bits per heavy atom. The molecule has 3 aliphatic carbocycles. The molecule has 8 nitrogen and oxygen atoms in total. The average Bonchev–Trinajstić information content (AvgIpc) is 3.34. The fraction of sp³-hybridized carbons (Fsp3) is 0.345. The molecule has 40 heavy (non-hydrogen) atoms. The van der Waals surface area contributed by atoms with E-state index in [0.717, 1.165) is 9.80 Å². The molecule has 7 rings (SSSR count). The quantitative estimate of drug-likeness (QED) is 0.265. The summed E-state index contributed by atoms with van der Waals surface area (Å²) >= 11 is 16.6. The molecule has 11 heteroatoms. The van der Waals surface area contributed by atoms with Crippen LogP contribution in [-0.4, -0.2) is 40.5 Å². The van der Waals surface area contributed by atoms with Crippen LogP contribution in [0.1, 0.15) is 20.8 Å². The van der Waals surface area contributed by atoms with Crippen LogP contribution in [0.3, 0.4) is 0 Å². The van der Waals surface area contributed by atoms with Crippen molar-refractivity contribution in [2.75, 3.05) is 16.4 Å². The van der Waals surface area contributed by atoms with E-state index >= 15 is 0 Å². The van der Waals surface area contributed by atoms with Crippen LogP contribution >= 0.6 is 39.1 Å². The molecule has 4 amide bonds. The molecule has 3 fully saturated rings. The lowest BCUT2D eigenvalue weighted by molar-refractivity contribution is -0.152. The maximum atomic E-state index is 14.3. The summed E-state index contributed by atoms with van der Waals surface area (Å²) in [4.78, 5) is 72.6. The van der Waals surface area contributed by atoms with E-state index in [-0.39, 0.29) is 33.6 Å². The maximum Gasteiger partial charge on any atom is 0.334 e. The second kappa shape index (κ2) is 8.99. The summed E-state index contributed by atoms with van der Waals surface area (Å²) < 4.78 is 3.88. The van der Waals surface area contributed by atoms with E-state index in [0.29, 0.717) is 5.57 Å². The van der Waals surface area contributed by atoms with E-state index in [9.17, 15) is 24.0 Å². The van der Waals surface area contributed by atoms with Gasteiger partial charge in [-0.25, -0.2) is 14.6 Å². The molecule has 5 aliphatic rings. The van der Waals surface area contributed by atoms with Crippen molar-refractivity contribution < 1.29 is 28.7 Å². The molecule has 2 saturated heterocycles. The van der Waals surface area contributed by atoms with E-state index < -0.39 is 63.0 Å². The van der Waals surface area contributed by atoms with Gasteiger partial charge in [0.25, 0.3) is 0 Å². The summed E-state index contributed by atoms with van der Waals surface area (Å²) in [5, 5.41) is 0.382. The topological polar surface area (TPSA) is 101 Å². The minimum atomic E-state index is -1.55. The minimum absolute atomic E-state index is 0.0560. The monoisotopic (exact) mass is 644 g/mol. The van der Waals surface area contributed by atoms with Crippen LogP contribution in [0.4, 0.5) is 11.4 Å². The highest BCUT2D eigenvalue weighted by molar-refractivity contribution is 9.10. The van der Waals surface area contributed by atoms with Gasteiger partial charge in [0.1, 0.15) is 0 Å². The molecule has 2 aromatic carbocycles. The highest BCUT2D eigenvalue weighted by Crippen LogP contribution is 2.72. The Bertz CT molecular complexity index is 1500. The van der Waals surface area contributed by atoms with Gasteiger partial charge in [-0.05, 0) is 43.7 Å². The molecule has 2 aromatic rings. The third-order valence-electron chi connectivity index (χ3n) is 8.96. The first-order valence-corrected chi connectivity index (χ1v) is 14.3. The summed E-state index contributed by atoms with van der Waals surface area (Å²) in [5.41, 5.74) is -0.641. The van der Waals surface area contributed by atoms with Crippen LogP contribution in [0.25, 0.3) is 0 Å². The number of ether oxygens (including phenoxy) is 1. The number of carbonyl (C=O) groups is 5. The molecule has 6 atom stereocenters. The van der Waals surface area contributed by atoms with Gasteiger partial charge in [-0.1, -0.05) is 70.3 Å². The second-order valence-corrected chi connectivity index (χ2v) is 12.7. The van der Waals surface area contributed by atoms with Crippen molar-refractivity contribution in [3.8, 4) is 0 Å². The zero-order chi connectivity index (χ0) is 28.9. The van der Waals surface area contributed by atoms with Gasteiger partial charge >= 0.3 is 5.97 Å². The van der Waals surface area contributed by atoms with E-state index in [4.69, 9.17) is 27.9 Å². The minimum Gasteiger partial charge on any atom is -0.463 e. The number of allylic oxidation sites excluding steroid dienone is 1. The van der Waals surface area contributed by atoms with Gasteiger partial charge in [-0.15, -0.1) is 0 Å². The number of para-hydroxylation sites is 2. The lowest BCUT2D eigenvalue weighted by atomic mass is 9.43. The van der Waals surface area contributed by atoms with E-state index in [1.54, 1.807) is 69.3 Å². The fourth-order valence-electron chi connectivity index (χ4n) is 7.47. The Labute approximate surface area is 248 Å². The first-order chi connectivity index (χ1) is 18.9. The second-order valence-electron chi connectivity index (χ2n) is 10.6. The normalized spacial score (nSPS) is 32.6. The van der Waals surface area contributed by atoms with Crippen LogP contribution in [0.2, 0.25) is 10.0 Å². The molecule has 0 spiro atoms. The molecule has 2 bridgehead atoms. The molecule has 0 N–H and O–H groups in total. The summed E-state index contributed by atoms with van der Waals surface area (Å²) in [6.45, 7) is 4.98. The van der Waals surface area contributed by atoms with Gasteiger partial charge in [-0.2, -0.15) is 0 Å². The summed E-state index contributed by atoms with van der Waals surface area (Å²) in [6.07, 6.45) is 0. The SMILES string of the molecule is CCOC(=O)C1=C(C)C2(Br)[C@@H]3C(=O)N(c4ccccc4Cl)C(=O)[C@@H]3C1(C)[C@@H]1C(=O)N(c3ccccc3Cl)C(=O)[C@@H]12. The zero-order valence-corrected chi connectivity index (χ0v) is 24.7. The van der Waals surface area contributed by atoms with Gasteiger partial charge in [-0.3, -0.25) is 19.2 Å². The van der Waals surface area contributed by atoms with E-state index in [1.165, 1.54) is 0 Å². The molecular weight excluding hydrogens is 623 g/mol. The molecule has 206 valence electrons. The highest BCUT2D eigenvalue weighted by Gasteiger charge is 2.81. The molecule has 1 saturated carbocycles. The van der Waals surface area contributed by atoms with Crippen LogP contribution < -0.4 is 9.80 Å². The Balaban J connectivity index is 1.61. The largest absolute Gasteiger partial charge is 0.463 e. The summed E-state index contributed by atoms with van der Waals surface area (Å²) in [7, 11) is 0. The fourth-order valence-corrected chi connectivity index (χ4v) is 9.03. The highest BCUT2D eigenvalue weighted by atomic mass is 79.9. The Hall–Kier alpha value is -3.01. The third kappa shape index (κ3) is 3.11. The number of imide groups is 2. The van der Waals surface area contributed by atoms with Crippen LogP contribution in [0.15, 0.2) is 59.7 Å². The van der Waals surface area contributed by atoms with Crippen molar-refractivity contribution in [2.24, 2.45) is 29.1 Å². The van der Waals surface area contributed by atoms with E-state index in [2.05, 4.69) is 15.9 Å². The predicted molar refractivity (Wildman–Crippen MR) is 151 cm³/mol. The number of halogens is 3. The number of alkyl halides is 1. The van der Waals surface area contributed by atoms with Gasteiger partial charge < -0.3 is 4.74 Å². The first kappa shape index (κ1) is 27.2. The van der Waals surface area contributed by atoms with Crippen molar-refractivity contribution in [1.82, 2.24) is 0 Å². The number of hydrogen-bond acceptors (Lipinski definition) is 6. The van der Waals surface area contributed by atoms with Crippen LogP contribution in [-0.2, 0) is 28.7 Å². The number of hydrogen-bond donors (Lipinski definition) is 0. The van der Waals surface area contributed by atoms with Crippen molar-refractivity contribution in [1.29, 1.82) is 0 Å². The Kier molecular flexibility index (Phi) is 6.11. The van der Waals surface area contributed by atoms with Gasteiger partial charge in [0.15, 0.2) is 0 Å². The van der Waals surface area contributed by atoms with Crippen molar-refractivity contribution in [2.45, 2.75) is 25.1 Å². The molecular formula is C29H23BrCl2N2O6. The van der Waals surface area contributed by atoms with Crippen molar-refractivity contribution in [3.63, 3.8) is 0 Å². The van der Waals surface area contributed by atoms with Gasteiger partial charge in [0.2, 0.25) is 23.6 Å². The maximum absolute atomic E-state index is 14.3. The van der Waals surface area contributed by atoms with Gasteiger partial charge in [0.05, 0.1) is 56.0 Å². The molecule has 0 aromatic heterocycles. The number of carbonyl (C=O) groups excluding carboxylic acids is 5. The Morgan fingerprint density at radius 2 is 1.23 bits per heavy atom. The first-order valence-electron chi connectivity index (χ1n) is 12.8. The molecule has 2 heterocycles. The number of benzene rings is 2. The van der Waals surface area contributed by atoms with Crippen molar-refractivity contribution in [3.05, 3.63) is 69.7 Å². The molecule has 2 aliphatic heterocycles. The predicted octanol–water partition coefficient (Wildman–Crippen LogP) is 4.95. The lowest BCUT2D eigenvalue weighted by Crippen LogP contribution is -2.67. The zero-order valence-electron chi connectivity index (χ0n) is 21.6. The number of nitrogens with zero attached hydrogens (tertiary/aromatic N) is 2. The van der Waals surface area contributed by atoms with Crippen LogP contribution in [0, 0.1) is 29.1 Å². The summed E-state index contributed by atoms with van der Waals surface area (Å²) in [5.74, 6) is -7.52. The average molecular weight is 646 g/mol. The number of amides is 4. The number of rotatable bonds is 4. The standard InChI is InChI=1S/C29H23BrCl2N2O6/c1-4-40-27(39)18-13(2)29(30)21-19(23(35)33(25(21)37)16-11-7-5-9-14(16)31)28(18,3)20-22(29)26(38)34(24(20)36)17-12-8-6-10-15(17)32/h5-12,19-22H,4H2,1-3H3/t19-,20+,21+,22-,28?,29?. The molecule has 0 radical (unpaired) electrons. The number of esters is 1. The smallest absolute Gasteiger partial charge is 0.334 e. The van der Waals surface area contributed by atoms with Crippen LogP contribution in [0.5, 0.6) is 0 Å².